The lowest BCUT2D eigenvalue weighted by Gasteiger charge is -2.00. The Hall–Kier alpha value is -1.59. The van der Waals surface area contributed by atoms with Crippen LogP contribution < -0.4 is 5.73 Å². The van der Waals surface area contributed by atoms with E-state index < -0.39 is 4.92 Å². The van der Waals surface area contributed by atoms with E-state index in [4.69, 9.17) is 5.73 Å². The van der Waals surface area contributed by atoms with Gasteiger partial charge < -0.3 is 5.73 Å². The zero-order chi connectivity index (χ0) is 12.3. The summed E-state index contributed by atoms with van der Waals surface area (Å²) in [5.74, 6) is 0.174. The van der Waals surface area contributed by atoms with Gasteiger partial charge in [-0.25, -0.2) is 4.68 Å². The molecule has 6 heteroatoms. The van der Waals surface area contributed by atoms with Crippen LogP contribution in [0.15, 0.2) is 0 Å². The predicted molar refractivity (Wildman–Crippen MR) is 62.3 cm³/mol. The Balaban J connectivity index is 3.14. The number of nitro groups is 1. The zero-order valence-electron chi connectivity index (χ0n) is 9.93. The summed E-state index contributed by atoms with van der Waals surface area (Å²) in [4.78, 5) is 10.5. The molecular formula is C10H18N4O2. The summed E-state index contributed by atoms with van der Waals surface area (Å²) in [7, 11) is 0. The second-order valence-electron chi connectivity index (χ2n) is 4.11. The minimum absolute atomic E-state index is 0.00516. The average molecular weight is 226 g/mol. The highest BCUT2D eigenvalue weighted by atomic mass is 16.6. The summed E-state index contributed by atoms with van der Waals surface area (Å²) in [6, 6.07) is 0. The van der Waals surface area contributed by atoms with E-state index in [9.17, 15) is 10.1 Å². The molecule has 0 saturated heterocycles. The van der Waals surface area contributed by atoms with Crippen LogP contribution in [-0.4, -0.2) is 14.7 Å². The lowest BCUT2D eigenvalue weighted by molar-refractivity contribution is -0.384. The largest absolute Gasteiger partial charge is 0.378 e. The summed E-state index contributed by atoms with van der Waals surface area (Å²) < 4.78 is 1.54. The molecule has 0 unspecified atom stereocenters. The number of nitrogens with two attached hydrogens (primary N) is 1. The maximum atomic E-state index is 10.9. The van der Waals surface area contributed by atoms with Crippen LogP contribution in [0, 0.1) is 10.1 Å². The molecule has 1 aromatic heterocycles. The zero-order valence-corrected chi connectivity index (χ0v) is 9.93. The normalized spacial score (nSPS) is 11.0. The second-order valence-corrected chi connectivity index (χ2v) is 4.11. The third-order valence-electron chi connectivity index (χ3n) is 2.44. The van der Waals surface area contributed by atoms with E-state index in [1.165, 1.54) is 4.68 Å². The maximum Gasteiger partial charge on any atom is 0.334 e. The minimum Gasteiger partial charge on any atom is -0.378 e. The number of nitrogen functional groups attached to an aromatic ring is 1. The molecule has 0 aliphatic rings. The van der Waals surface area contributed by atoms with E-state index in [1.54, 1.807) is 0 Å². The third-order valence-corrected chi connectivity index (χ3v) is 2.44. The molecule has 0 radical (unpaired) electrons. The van der Waals surface area contributed by atoms with Gasteiger partial charge in [0, 0.05) is 12.5 Å². The van der Waals surface area contributed by atoms with Gasteiger partial charge in [-0.1, -0.05) is 27.2 Å². The first-order chi connectivity index (χ1) is 7.49. The first kappa shape index (κ1) is 12.5. The Labute approximate surface area is 94.6 Å². The van der Waals surface area contributed by atoms with Gasteiger partial charge in [0.15, 0.2) is 0 Å². The summed E-state index contributed by atoms with van der Waals surface area (Å²) in [5.41, 5.74) is 6.18. The maximum absolute atomic E-state index is 10.9. The Morgan fingerprint density at radius 3 is 2.56 bits per heavy atom. The van der Waals surface area contributed by atoms with Gasteiger partial charge in [-0.15, -0.1) is 0 Å². The summed E-state index contributed by atoms with van der Waals surface area (Å²) in [5, 5.41) is 15.1. The number of hydrogen-bond acceptors (Lipinski definition) is 4. The van der Waals surface area contributed by atoms with Crippen molar-refractivity contribution in [1.29, 1.82) is 0 Å². The van der Waals surface area contributed by atoms with Crippen molar-refractivity contribution >= 4 is 11.5 Å². The highest BCUT2D eigenvalue weighted by molar-refractivity contribution is 5.57. The van der Waals surface area contributed by atoms with Crippen LogP contribution >= 0.6 is 0 Å². The molecule has 0 aliphatic carbocycles. The Morgan fingerprint density at radius 2 is 2.19 bits per heavy atom. The highest BCUT2D eigenvalue weighted by Crippen LogP contribution is 2.31. The molecule has 1 heterocycles. The van der Waals surface area contributed by atoms with Crippen molar-refractivity contribution in [3.05, 3.63) is 15.8 Å². The van der Waals surface area contributed by atoms with E-state index in [0.717, 1.165) is 12.8 Å². The van der Waals surface area contributed by atoms with Crippen LogP contribution in [0.2, 0.25) is 0 Å². The number of rotatable bonds is 5. The average Bonchev–Trinajstić information content (AvgIpc) is 2.53. The molecule has 0 saturated carbocycles. The number of anilines is 1. The van der Waals surface area contributed by atoms with Crippen molar-refractivity contribution < 1.29 is 4.92 Å². The van der Waals surface area contributed by atoms with Gasteiger partial charge >= 0.3 is 5.69 Å². The van der Waals surface area contributed by atoms with E-state index in [0.29, 0.717) is 12.2 Å². The monoisotopic (exact) mass is 226 g/mol. The molecular weight excluding hydrogens is 208 g/mol. The van der Waals surface area contributed by atoms with Crippen molar-refractivity contribution in [2.75, 3.05) is 5.73 Å². The SMILES string of the molecule is CCCCn1nc(C(C)C)c([N+](=O)[O-])c1N. The van der Waals surface area contributed by atoms with E-state index in [-0.39, 0.29) is 17.4 Å². The summed E-state index contributed by atoms with van der Waals surface area (Å²) in [6.07, 6.45) is 1.92. The van der Waals surface area contributed by atoms with Gasteiger partial charge in [0.25, 0.3) is 0 Å². The van der Waals surface area contributed by atoms with Crippen molar-refractivity contribution in [3.8, 4) is 0 Å². The van der Waals surface area contributed by atoms with Crippen LogP contribution in [-0.2, 0) is 6.54 Å². The fourth-order valence-electron chi connectivity index (χ4n) is 1.54. The summed E-state index contributed by atoms with van der Waals surface area (Å²) >= 11 is 0. The van der Waals surface area contributed by atoms with Crippen molar-refractivity contribution in [1.82, 2.24) is 9.78 Å². The van der Waals surface area contributed by atoms with Gasteiger partial charge in [0.1, 0.15) is 5.69 Å². The Bertz CT molecular complexity index is 384. The van der Waals surface area contributed by atoms with Gasteiger partial charge in [0.2, 0.25) is 5.82 Å². The van der Waals surface area contributed by atoms with Crippen LogP contribution in [0.4, 0.5) is 11.5 Å². The number of nitrogens with zero attached hydrogens (tertiary/aromatic N) is 3. The molecule has 0 aliphatic heterocycles. The molecule has 0 spiro atoms. The van der Waals surface area contributed by atoms with E-state index >= 15 is 0 Å². The standard InChI is InChI=1S/C10H18N4O2/c1-4-5-6-13-10(11)9(14(15)16)8(12-13)7(2)3/h7H,4-6,11H2,1-3H3. The second kappa shape index (κ2) is 4.96. The van der Waals surface area contributed by atoms with Crippen LogP contribution in [0.25, 0.3) is 0 Å². The molecule has 90 valence electrons. The lowest BCUT2D eigenvalue weighted by Crippen LogP contribution is -2.05. The molecule has 0 fully saturated rings. The fourth-order valence-corrected chi connectivity index (χ4v) is 1.54. The summed E-state index contributed by atoms with van der Waals surface area (Å²) in [6.45, 7) is 6.44. The smallest absolute Gasteiger partial charge is 0.334 e. The first-order valence-corrected chi connectivity index (χ1v) is 5.49. The molecule has 1 aromatic rings. The van der Waals surface area contributed by atoms with Gasteiger partial charge in [-0.2, -0.15) is 5.10 Å². The first-order valence-electron chi connectivity index (χ1n) is 5.49. The predicted octanol–water partition coefficient (Wildman–Crippen LogP) is 2.30. The third kappa shape index (κ3) is 2.32. The Morgan fingerprint density at radius 1 is 1.56 bits per heavy atom. The molecule has 2 N–H and O–H groups in total. The number of hydrogen-bond donors (Lipinski definition) is 1. The van der Waals surface area contributed by atoms with Crippen molar-refractivity contribution in [2.24, 2.45) is 0 Å². The molecule has 0 aromatic carbocycles. The van der Waals surface area contributed by atoms with E-state index in [2.05, 4.69) is 12.0 Å². The molecule has 0 bridgehead atoms. The molecule has 6 nitrogen and oxygen atoms in total. The van der Waals surface area contributed by atoms with Crippen molar-refractivity contribution in [2.45, 2.75) is 46.1 Å². The highest BCUT2D eigenvalue weighted by Gasteiger charge is 2.27. The van der Waals surface area contributed by atoms with Crippen LogP contribution in [0.5, 0.6) is 0 Å². The Kier molecular flexibility index (Phi) is 3.87. The number of unbranched alkanes of at least 4 members (excludes halogenated alkanes) is 1. The van der Waals surface area contributed by atoms with Gasteiger partial charge in [-0.3, -0.25) is 10.1 Å². The van der Waals surface area contributed by atoms with Crippen LogP contribution in [0.3, 0.4) is 0 Å². The topological polar surface area (TPSA) is 87.0 Å². The molecule has 1 rings (SSSR count). The van der Waals surface area contributed by atoms with Gasteiger partial charge in [0.05, 0.1) is 4.92 Å². The molecule has 0 atom stereocenters. The molecule has 16 heavy (non-hydrogen) atoms. The van der Waals surface area contributed by atoms with E-state index in [1.807, 2.05) is 13.8 Å². The van der Waals surface area contributed by atoms with Crippen molar-refractivity contribution in [3.63, 3.8) is 0 Å². The van der Waals surface area contributed by atoms with Gasteiger partial charge in [-0.05, 0) is 6.42 Å². The fraction of sp³-hybridized carbons (Fsp3) is 0.700. The quantitative estimate of drug-likeness (QED) is 0.616. The molecule has 0 amide bonds. The number of aryl methyl sites for hydroxylation is 1. The number of aromatic nitrogens is 2. The minimum atomic E-state index is -0.444. The van der Waals surface area contributed by atoms with Crippen LogP contribution in [0.1, 0.15) is 45.2 Å². The lowest BCUT2D eigenvalue weighted by atomic mass is 10.1.